The Morgan fingerprint density at radius 2 is 2.36 bits per heavy atom. The van der Waals surface area contributed by atoms with E-state index in [0.29, 0.717) is 13.2 Å². The van der Waals surface area contributed by atoms with Crippen molar-refractivity contribution in [3.63, 3.8) is 0 Å². The van der Waals surface area contributed by atoms with Crippen LogP contribution in [0.25, 0.3) is 10.7 Å². The maximum atomic E-state index is 11.9. The van der Waals surface area contributed by atoms with Gasteiger partial charge in [0.1, 0.15) is 5.69 Å². The third-order valence-electron chi connectivity index (χ3n) is 3.61. The van der Waals surface area contributed by atoms with Crippen LogP contribution in [-0.2, 0) is 9.53 Å². The average Bonchev–Trinajstić information content (AvgIpc) is 3.06. The lowest BCUT2D eigenvalue weighted by molar-refractivity contribution is -0.148. The van der Waals surface area contributed by atoms with Gasteiger partial charge in [-0.25, -0.2) is 0 Å². The Bertz CT molecular complexity index is 631. The molecule has 2 aromatic heterocycles. The SMILES string of the molecule is CCOC(=O)C1CCCN(c2nnc(-c3ccccn3)s2)C1. The summed E-state index contributed by atoms with van der Waals surface area (Å²) in [7, 11) is 0. The van der Waals surface area contributed by atoms with E-state index in [0.717, 1.165) is 35.2 Å². The number of carbonyl (C=O) groups excluding carboxylic acids is 1. The van der Waals surface area contributed by atoms with Crippen molar-refractivity contribution in [1.82, 2.24) is 15.2 Å². The molecule has 3 heterocycles. The molecule has 0 saturated carbocycles. The Morgan fingerprint density at radius 3 is 3.14 bits per heavy atom. The molecule has 0 aliphatic carbocycles. The zero-order valence-electron chi connectivity index (χ0n) is 12.4. The molecule has 0 amide bonds. The van der Waals surface area contributed by atoms with Gasteiger partial charge in [-0.15, -0.1) is 10.2 Å². The van der Waals surface area contributed by atoms with Crippen LogP contribution in [0.1, 0.15) is 19.8 Å². The van der Waals surface area contributed by atoms with E-state index in [4.69, 9.17) is 4.74 Å². The molecule has 0 bridgehead atoms. The smallest absolute Gasteiger partial charge is 0.310 e. The highest BCUT2D eigenvalue weighted by Crippen LogP contribution is 2.30. The van der Waals surface area contributed by atoms with Crippen LogP contribution in [0.3, 0.4) is 0 Å². The zero-order valence-corrected chi connectivity index (χ0v) is 13.3. The van der Waals surface area contributed by atoms with E-state index in [1.54, 1.807) is 6.20 Å². The summed E-state index contributed by atoms with van der Waals surface area (Å²) in [6.45, 7) is 3.81. The summed E-state index contributed by atoms with van der Waals surface area (Å²) in [5.41, 5.74) is 0.824. The predicted octanol–water partition coefficient (Wildman–Crippen LogP) is 2.38. The van der Waals surface area contributed by atoms with Crippen molar-refractivity contribution in [3.8, 4) is 10.7 Å². The van der Waals surface area contributed by atoms with Crippen molar-refractivity contribution < 1.29 is 9.53 Å². The highest BCUT2D eigenvalue weighted by molar-refractivity contribution is 7.18. The molecule has 1 unspecified atom stereocenters. The summed E-state index contributed by atoms with van der Waals surface area (Å²) >= 11 is 1.51. The molecule has 1 saturated heterocycles. The lowest BCUT2D eigenvalue weighted by Crippen LogP contribution is -2.39. The molecule has 1 fully saturated rings. The normalized spacial score (nSPS) is 18.2. The van der Waals surface area contributed by atoms with Crippen LogP contribution in [0, 0.1) is 5.92 Å². The quantitative estimate of drug-likeness (QED) is 0.806. The second-order valence-electron chi connectivity index (χ2n) is 5.14. The molecule has 0 N–H and O–H groups in total. The fourth-order valence-electron chi connectivity index (χ4n) is 2.54. The van der Waals surface area contributed by atoms with Crippen LogP contribution in [0.5, 0.6) is 0 Å². The molecule has 1 aliphatic heterocycles. The summed E-state index contributed by atoms with van der Waals surface area (Å²) in [4.78, 5) is 18.3. The molecule has 6 nitrogen and oxygen atoms in total. The lowest BCUT2D eigenvalue weighted by atomic mass is 9.99. The van der Waals surface area contributed by atoms with E-state index in [9.17, 15) is 4.79 Å². The molecule has 3 rings (SSSR count). The summed E-state index contributed by atoms with van der Waals surface area (Å²) in [5.74, 6) is -0.183. The van der Waals surface area contributed by atoms with Gasteiger partial charge in [-0.1, -0.05) is 17.4 Å². The molecule has 0 radical (unpaired) electrons. The monoisotopic (exact) mass is 318 g/mol. The summed E-state index contributed by atoms with van der Waals surface area (Å²) < 4.78 is 5.13. The molecule has 116 valence electrons. The zero-order chi connectivity index (χ0) is 15.4. The molecule has 22 heavy (non-hydrogen) atoms. The first-order chi connectivity index (χ1) is 10.8. The molecular weight excluding hydrogens is 300 g/mol. The van der Waals surface area contributed by atoms with E-state index in [2.05, 4.69) is 20.1 Å². The van der Waals surface area contributed by atoms with Crippen molar-refractivity contribution in [3.05, 3.63) is 24.4 Å². The van der Waals surface area contributed by atoms with Crippen LogP contribution in [0.4, 0.5) is 5.13 Å². The van der Waals surface area contributed by atoms with Gasteiger partial charge in [0.2, 0.25) is 5.13 Å². The number of carbonyl (C=O) groups is 1. The van der Waals surface area contributed by atoms with Crippen LogP contribution >= 0.6 is 11.3 Å². The maximum absolute atomic E-state index is 11.9. The van der Waals surface area contributed by atoms with Crippen LogP contribution in [-0.4, -0.2) is 40.8 Å². The molecule has 1 atom stereocenters. The van der Waals surface area contributed by atoms with Gasteiger partial charge in [0.15, 0.2) is 5.01 Å². The van der Waals surface area contributed by atoms with E-state index >= 15 is 0 Å². The van der Waals surface area contributed by atoms with Crippen molar-refractivity contribution in [2.24, 2.45) is 5.92 Å². The standard InChI is InChI=1S/C15H18N4O2S/c1-2-21-14(20)11-6-5-9-19(10-11)15-18-17-13(22-15)12-7-3-4-8-16-12/h3-4,7-8,11H,2,5-6,9-10H2,1H3. The van der Waals surface area contributed by atoms with Gasteiger partial charge in [-0.05, 0) is 31.9 Å². The first-order valence-corrected chi connectivity index (χ1v) is 8.26. The number of aromatic nitrogens is 3. The van der Waals surface area contributed by atoms with E-state index in [-0.39, 0.29) is 11.9 Å². The average molecular weight is 318 g/mol. The Labute approximate surface area is 133 Å². The van der Waals surface area contributed by atoms with Crippen molar-refractivity contribution >= 4 is 22.4 Å². The highest BCUT2D eigenvalue weighted by Gasteiger charge is 2.28. The second kappa shape index (κ2) is 6.83. The number of piperidine rings is 1. The number of rotatable bonds is 4. The fraction of sp³-hybridized carbons (Fsp3) is 0.467. The molecular formula is C15H18N4O2S. The number of nitrogens with zero attached hydrogens (tertiary/aromatic N) is 4. The van der Waals surface area contributed by atoms with Crippen molar-refractivity contribution in [1.29, 1.82) is 0 Å². The minimum absolute atomic E-state index is 0.0732. The number of hydrogen-bond donors (Lipinski definition) is 0. The van der Waals surface area contributed by atoms with Crippen LogP contribution in [0.2, 0.25) is 0 Å². The Balaban J connectivity index is 1.72. The van der Waals surface area contributed by atoms with Crippen molar-refractivity contribution in [2.75, 3.05) is 24.6 Å². The molecule has 7 heteroatoms. The van der Waals surface area contributed by atoms with Gasteiger partial charge in [-0.3, -0.25) is 9.78 Å². The van der Waals surface area contributed by atoms with Gasteiger partial charge in [0, 0.05) is 19.3 Å². The Morgan fingerprint density at radius 1 is 1.45 bits per heavy atom. The molecule has 2 aromatic rings. The summed E-state index contributed by atoms with van der Waals surface area (Å²) in [6, 6.07) is 5.73. The predicted molar refractivity (Wildman–Crippen MR) is 84.7 cm³/mol. The topological polar surface area (TPSA) is 68.2 Å². The third-order valence-corrected chi connectivity index (χ3v) is 4.62. The van der Waals surface area contributed by atoms with E-state index < -0.39 is 0 Å². The minimum Gasteiger partial charge on any atom is -0.466 e. The third kappa shape index (κ3) is 3.24. The van der Waals surface area contributed by atoms with Gasteiger partial charge in [0.25, 0.3) is 0 Å². The summed E-state index contributed by atoms with van der Waals surface area (Å²) in [6.07, 6.45) is 3.58. The lowest BCUT2D eigenvalue weighted by Gasteiger charge is -2.30. The van der Waals surface area contributed by atoms with E-state index in [1.807, 2.05) is 25.1 Å². The van der Waals surface area contributed by atoms with Crippen LogP contribution in [0.15, 0.2) is 24.4 Å². The molecule has 0 aromatic carbocycles. The molecule has 0 spiro atoms. The maximum Gasteiger partial charge on any atom is 0.310 e. The number of hydrogen-bond acceptors (Lipinski definition) is 7. The number of anilines is 1. The number of ether oxygens (including phenoxy) is 1. The van der Waals surface area contributed by atoms with Crippen molar-refractivity contribution in [2.45, 2.75) is 19.8 Å². The Kier molecular flexibility index (Phi) is 4.62. The first-order valence-electron chi connectivity index (χ1n) is 7.44. The number of esters is 1. The largest absolute Gasteiger partial charge is 0.466 e. The number of pyridine rings is 1. The van der Waals surface area contributed by atoms with E-state index in [1.165, 1.54) is 11.3 Å². The second-order valence-corrected chi connectivity index (χ2v) is 6.10. The van der Waals surface area contributed by atoms with Gasteiger partial charge in [0.05, 0.1) is 12.5 Å². The summed E-state index contributed by atoms with van der Waals surface area (Å²) in [5, 5.41) is 10.1. The Hall–Kier alpha value is -2.02. The van der Waals surface area contributed by atoms with Gasteiger partial charge >= 0.3 is 5.97 Å². The molecule has 1 aliphatic rings. The minimum atomic E-state index is -0.110. The fourth-order valence-corrected chi connectivity index (χ4v) is 3.40. The first kappa shape index (κ1) is 14.9. The van der Waals surface area contributed by atoms with Gasteiger partial charge < -0.3 is 9.64 Å². The van der Waals surface area contributed by atoms with Crippen LogP contribution < -0.4 is 4.90 Å². The van der Waals surface area contributed by atoms with Gasteiger partial charge in [-0.2, -0.15) is 0 Å². The highest BCUT2D eigenvalue weighted by atomic mass is 32.1.